The first kappa shape index (κ1) is 20.7. The van der Waals surface area contributed by atoms with Gasteiger partial charge in [-0.3, -0.25) is 19.8 Å². The second-order valence-electron chi connectivity index (χ2n) is 6.10. The average Bonchev–Trinajstić information content (AvgIpc) is 2.66. The van der Waals surface area contributed by atoms with E-state index >= 15 is 0 Å². The first-order valence-corrected chi connectivity index (χ1v) is 8.84. The summed E-state index contributed by atoms with van der Waals surface area (Å²) in [7, 11) is 1.80. The molecule has 0 saturated carbocycles. The molecule has 8 heteroatoms. The number of benzene rings is 2. The van der Waals surface area contributed by atoms with Crippen molar-refractivity contribution in [2.24, 2.45) is 0 Å². The van der Waals surface area contributed by atoms with E-state index in [0.717, 1.165) is 5.56 Å². The van der Waals surface area contributed by atoms with E-state index in [1.54, 1.807) is 37.4 Å². The van der Waals surface area contributed by atoms with E-state index in [1.165, 1.54) is 12.1 Å². The Morgan fingerprint density at radius 1 is 1.30 bits per heavy atom. The van der Waals surface area contributed by atoms with Gasteiger partial charge in [0.25, 0.3) is 5.69 Å². The minimum Gasteiger partial charge on any atom is -0.492 e. The maximum Gasteiger partial charge on any atom is 0.269 e. The molecule has 2 rings (SSSR count). The number of carbonyl (C=O) groups excluding carboxylic acids is 1. The van der Waals surface area contributed by atoms with Crippen molar-refractivity contribution in [3.05, 3.63) is 69.2 Å². The summed E-state index contributed by atoms with van der Waals surface area (Å²) >= 11 is 5.81. The van der Waals surface area contributed by atoms with Crippen LogP contribution in [0, 0.1) is 10.1 Å². The predicted octanol–water partition coefficient (Wildman–Crippen LogP) is 3.44. The van der Waals surface area contributed by atoms with Gasteiger partial charge in [-0.2, -0.15) is 0 Å². The van der Waals surface area contributed by atoms with Gasteiger partial charge >= 0.3 is 0 Å². The molecule has 0 spiro atoms. The molecule has 0 fully saturated rings. The third-order valence-corrected chi connectivity index (χ3v) is 4.38. The van der Waals surface area contributed by atoms with Crippen molar-refractivity contribution in [3.63, 3.8) is 0 Å². The van der Waals surface area contributed by atoms with Crippen LogP contribution in [0.4, 0.5) is 5.69 Å². The fraction of sp³-hybridized carbons (Fsp3) is 0.316. The molecule has 1 N–H and O–H groups in total. The SMILES string of the molecule is CC(c1cccc([N+](=O)[O-])c1)N(C)CC(=O)NCCOc1ccc(Cl)cc1. The summed E-state index contributed by atoms with van der Waals surface area (Å²) in [4.78, 5) is 24.4. The van der Waals surface area contributed by atoms with Crippen LogP contribution >= 0.6 is 11.6 Å². The largest absolute Gasteiger partial charge is 0.492 e. The number of amides is 1. The summed E-state index contributed by atoms with van der Waals surface area (Å²) in [6, 6.07) is 13.3. The molecule has 2 aromatic rings. The number of non-ortho nitro benzene ring substituents is 1. The number of nitrogens with one attached hydrogen (secondary N) is 1. The Morgan fingerprint density at radius 2 is 2.00 bits per heavy atom. The minimum absolute atomic E-state index is 0.0385. The Hall–Kier alpha value is -2.64. The van der Waals surface area contributed by atoms with Gasteiger partial charge in [-0.15, -0.1) is 0 Å². The Morgan fingerprint density at radius 3 is 2.67 bits per heavy atom. The maximum atomic E-state index is 12.1. The van der Waals surface area contributed by atoms with Crippen molar-refractivity contribution >= 4 is 23.2 Å². The number of nitrogens with zero attached hydrogens (tertiary/aromatic N) is 2. The van der Waals surface area contributed by atoms with Crippen LogP contribution in [0.2, 0.25) is 5.02 Å². The van der Waals surface area contributed by atoms with E-state index in [4.69, 9.17) is 16.3 Å². The number of nitro benzene ring substituents is 1. The molecule has 0 radical (unpaired) electrons. The smallest absolute Gasteiger partial charge is 0.269 e. The van der Waals surface area contributed by atoms with E-state index in [2.05, 4.69) is 5.32 Å². The summed E-state index contributed by atoms with van der Waals surface area (Å²) in [6.45, 7) is 2.79. The number of hydrogen-bond acceptors (Lipinski definition) is 5. The van der Waals surface area contributed by atoms with Gasteiger partial charge in [-0.05, 0) is 43.8 Å². The van der Waals surface area contributed by atoms with Gasteiger partial charge < -0.3 is 10.1 Å². The molecule has 0 saturated heterocycles. The number of rotatable bonds is 9. The van der Waals surface area contributed by atoms with Crippen molar-refractivity contribution in [2.75, 3.05) is 26.7 Å². The van der Waals surface area contributed by atoms with Crippen LogP contribution in [-0.4, -0.2) is 42.5 Å². The van der Waals surface area contributed by atoms with Gasteiger partial charge in [0.1, 0.15) is 12.4 Å². The molecule has 1 amide bonds. The molecule has 0 aliphatic rings. The Kier molecular flexibility index (Phi) is 7.57. The number of nitro groups is 1. The zero-order valence-corrected chi connectivity index (χ0v) is 16.0. The summed E-state index contributed by atoms with van der Waals surface area (Å²) < 4.78 is 5.52. The van der Waals surface area contributed by atoms with Crippen LogP contribution in [0.1, 0.15) is 18.5 Å². The first-order chi connectivity index (χ1) is 12.9. The molecule has 0 aromatic heterocycles. The van der Waals surface area contributed by atoms with E-state index in [1.807, 2.05) is 17.9 Å². The number of hydrogen-bond donors (Lipinski definition) is 1. The monoisotopic (exact) mass is 391 g/mol. The molecular formula is C19H22ClN3O4. The minimum atomic E-state index is -0.427. The van der Waals surface area contributed by atoms with Crippen LogP contribution < -0.4 is 10.1 Å². The summed E-state index contributed by atoms with van der Waals surface area (Å²) in [5.74, 6) is 0.541. The number of halogens is 1. The normalized spacial score (nSPS) is 11.9. The third kappa shape index (κ3) is 6.54. The van der Waals surface area contributed by atoms with Gasteiger partial charge in [0, 0.05) is 23.2 Å². The fourth-order valence-electron chi connectivity index (χ4n) is 2.46. The van der Waals surface area contributed by atoms with Gasteiger partial charge in [0.2, 0.25) is 5.91 Å². The highest BCUT2D eigenvalue weighted by molar-refractivity contribution is 6.30. The molecule has 2 aromatic carbocycles. The van der Waals surface area contributed by atoms with Crippen molar-refractivity contribution < 1.29 is 14.5 Å². The number of likely N-dealkylation sites (N-methyl/N-ethyl adjacent to an activating group) is 1. The molecule has 1 atom stereocenters. The predicted molar refractivity (Wildman–Crippen MR) is 104 cm³/mol. The zero-order chi connectivity index (χ0) is 19.8. The van der Waals surface area contributed by atoms with Gasteiger partial charge in [0.15, 0.2) is 0 Å². The maximum absolute atomic E-state index is 12.1. The van der Waals surface area contributed by atoms with E-state index < -0.39 is 4.92 Å². The average molecular weight is 392 g/mol. The lowest BCUT2D eigenvalue weighted by atomic mass is 10.1. The van der Waals surface area contributed by atoms with Gasteiger partial charge in [-0.25, -0.2) is 0 Å². The van der Waals surface area contributed by atoms with E-state index in [-0.39, 0.29) is 24.2 Å². The van der Waals surface area contributed by atoms with Crippen LogP contribution in [0.15, 0.2) is 48.5 Å². The molecule has 0 heterocycles. The summed E-state index contributed by atoms with van der Waals surface area (Å²) in [5, 5.41) is 14.3. The molecule has 144 valence electrons. The highest BCUT2D eigenvalue weighted by Crippen LogP contribution is 2.22. The summed E-state index contributed by atoms with van der Waals surface area (Å²) in [5.41, 5.74) is 0.821. The van der Waals surface area contributed by atoms with Crippen LogP contribution in [0.3, 0.4) is 0 Å². The fourth-order valence-corrected chi connectivity index (χ4v) is 2.59. The third-order valence-electron chi connectivity index (χ3n) is 4.12. The molecule has 0 bridgehead atoms. The van der Waals surface area contributed by atoms with Crippen LogP contribution in [0.5, 0.6) is 5.75 Å². The highest BCUT2D eigenvalue weighted by atomic mass is 35.5. The van der Waals surface area contributed by atoms with Crippen molar-refractivity contribution in [3.8, 4) is 5.75 Å². The molecule has 27 heavy (non-hydrogen) atoms. The second kappa shape index (κ2) is 9.89. The number of ether oxygens (including phenoxy) is 1. The van der Waals surface area contributed by atoms with Crippen molar-refractivity contribution in [1.82, 2.24) is 10.2 Å². The molecule has 0 aliphatic carbocycles. The van der Waals surface area contributed by atoms with Crippen molar-refractivity contribution in [2.45, 2.75) is 13.0 Å². The molecular weight excluding hydrogens is 370 g/mol. The molecule has 1 unspecified atom stereocenters. The van der Waals surface area contributed by atoms with E-state index in [0.29, 0.717) is 23.9 Å². The van der Waals surface area contributed by atoms with Crippen LogP contribution in [-0.2, 0) is 4.79 Å². The van der Waals surface area contributed by atoms with Crippen LogP contribution in [0.25, 0.3) is 0 Å². The Labute approximate surface area is 163 Å². The lowest BCUT2D eigenvalue weighted by molar-refractivity contribution is -0.384. The van der Waals surface area contributed by atoms with Crippen molar-refractivity contribution in [1.29, 1.82) is 0 Å². The Balaban J connectivity index is 1.76. The molecule has 7 nitrogen and oxygen atoms in total. The first-order valence-electron chi connectivity index (χ1n) is 8.46. The Bertz CT molecular complexity index is 783. The topological polar surface area (TPSA) is 84.7 Å². The standard InChI is InChI=1S/C19H22ClN3O4/c1-14(15-4-3-5-17(12-15)23(25)26)22(2)13-19(24)21-10-11-27-18-8-6-16(20)7-9-18/h3-9,12,14H,10-11,13H2,1-2H3,(H,21,24). The van der Waals surface area contributed by atoms with Gasteiger partial charge in [-0.1, -0.05) is 23.7 Å². The lowest BCUT2D eigenvalue weighted by Gasteiger charge is -2.24. The zero-order valence-electron chi connectivity index (χ0n) is 15.2. The number of carbonyl (C=O) groups is 1. The highest BCUT2D eigenvalue weighted by Gasteiger charge is 2.17. The molecule has 0 aliphatic heterocycles. The second-order valence-corrected chi connectivity index (χ2v) is 6.53. The lowest BCUT2D eigenvalue weighted by Crippen LogP contribution is -2.38. The quantitative estimate of drug-likeness (QED) is 0.402. The van der Waals surface area contributed by atoms with Gasteiger partial charge in [0.05, 0.1) is 18.0 Å². The van der Waals surface area contributed by atoms with E-state index in [9.17, 15) is 14.9 Å². The summed E-state index contributed by atoms with van der Waals surface area (Å²) in [6.07, 6.45) is 0.